The molecule has 3 N–H and O–H groups in total. The number of H-pyrrole nitrogens is 1. The maximum atomic E-state index is 13.1. The van der Waals surface area contributed by atoms with Crippen molar-refractivity contribution in [2.75, 3.05) is 19.6 Å². The number of aromatic amines is 1. The van der Waals surface area contributed by atoms with E-state index in [0.717, 1.165) is 54.4 Å². The molecule has 2 heterocycles. The monoisotopic (exact) mass is 362 g/mol. The normalized spacial score (nSPS) is 16.6. The van der Waals surface area contributed by atoms with Crippen molar-refractivity contribution in [2.24, 2.45) is 5.73 Å². The van der Waals surface area contributed by atoms with Gasteiger partial charge in [-0.25, -0.2) is 0 Å². The zero-order valence-electron chi connectivity index (χ0n) is 15.7. The van der Waals surface area contributed by atoms with Crippen LogP contribution in [0.4, 0.5) is 0 Å². The lowest BCUT2D eigenvalue weighted by Gasteiger charge is -2.41. The van der Waals surface area contributed by atoms with E-state index in [4.69, 9.17) is 5.73 Å². The largest absolute Gasteiger partial charge is 0.339 e. The van der Waals surface area contributed by atoms with E-state index in [0.29, 0.717) is 6.54 Å². The Hall–Kier alpha value is -2.66. The molecule has 27 heavy (non-hydrogen) atoms. The summed E-state index contributed by atoms with van der Waals surface area (Å²) in [5.74, 6) is 0.103. The molecule has 0 radical (unpaired) electrons. The van der Waals surface area contributed by atoms with Gasteiger partial charge in [-0.15, -0.1) is 0 Å². The SMILES string of the molecule is CCc1cc(C(=O)N2CCC(CN)(c3ccccc3)CC2)cc2cn[nH]c12. The number of rotatable bonds is 4. The predicted molar refractivity (Wildman–Crippen MR) is 108 cm³/mol. The molecule has 0 atom stereocenters. The molecular formula is C22H26N4O. The van der Waals surface area contributed by atoms with Crippen LogP contribution in [0.2, 0.25) is 0 Å². The first kappa shape index (κ1) is 17.7. The average molecular weight is 362 g/mol. The van der Waals surface area contributed by atoms with E-state index in [-0.39, 0.29) is 11.3 Å². The van der Waals surface area contributed by atoms with Gasteiger partial charge in [-0.2, -0.15) is 5.10 Å². The summed E-state index contributed by atoms with van der Waals surface area (Å²) in [6, 6.07) is 14.4. The topological polar surface area (TPSA) is 75.0 Å². The molecule has 5 heteroatoms. The predicted octanol–water partition coefficient (Wildman–Crippen LogP) is 3.26. The van der Waals surface area contributed by atoms with Crippen LogP contribution in [-0.4, -0.2) is 40.6 Å². The Morgan fingerprint density at radius 1 is 1.22 bits per heavy atom. The molecule has 1 aromatic heterocycles. The number of benzene rings is 2. The summed E-state index contributed by atoms with van der Waals surface area (Å²) in [4.78, 5) is 15.1. The summed E-state index contributed by atoms with van der Waals surface area (Å²) in [5, 5.41) is 8.15. The van der Waals surface area contributed by atoms with Gasteiger partial charge >= 0.3 is 0 Å². The van der Waals surface area contributed by atoms with Gasteiger partial charge in [0.25, 0.3) is 5.91 Å². The highest BCUT2D eigenvalue weighted by Gasteiger charge is 2.36. The second-order valence-electron chi connectivity index (χ2n) is 7.47. The molecule has 1 fully saturated rings. The number of piperidine rings is 1. The van der Waals surface area contributed by atoms with Crippen LogP contribution in [0.15, 0.2) is 48.7 Å². The minimum atomic E-state index is -0.0267. The summed E-state index contributed by atoms with van der Waals surface area (Å²) < 4.78 is 0. The van der Waals surface area contributed by atoms with E-state index in [9.17, 15) is 4.79 Å². The average Bonchev–Trinajstić information content (AvgIpc) is 3.22. The summed E-state index contributed by atoms with van der Waals surface area (Å²) in [7, 11) is 0. The standard InChI is InChI=1S/C22H26N4O/c1-2-16-12-17(13-18-14-24-25-20(16)18)21(27)26-10-8-22(15-23,9-11-26)19-6-4-3-5-7-19/h3-7,12-14H,2,8-11,15,23H2,1H3,(H,24,25). The van der Waals surface area contributed by atoms with Gasteiger partial charge in [0.1, 0.15) is 0 Å². The van der Waals surface area contributed by atoms with Gasteiger partial charge in [0.05, 0.1) is 11.7 Å². The van der Waals surface area contributed by atoms with Gasteiger partial charge in [0.2, 0.25) is 0 Å². The molecule has 4 rings (SSSR count). The molecule has 2 aromatic carbocycles. The van der Waals surface area contributed by atoms with Crippen molar-refractivity contribution in [1.82, 2.24) is 15.1 Å². The zero-order chi connectivity index (χ0) is 18.9. The molecule has 0 saturated carbocycles. The number of carbonyl (C=O) groups excluding carboxylic acids is 1. The number of nitrogens with two attached hydrogens (primary N) is 1. The first-order valence-corrected chi connectivity index (χ1v) is 9.68. The minimum Gasteiger partial charge on any atom is -0.339 e. The Kier molecular flexibility index (Phi) is 4.70. The van der Waals surface area contributed by atoms with Crippen molar-refractivity contribution < 1.29 is 4.79 Å². The van der Waals surface area contributed by atoms with E-state index in [1.807, 2.05) is 23.1 Å². The maximum Gasteiger partial charge on any atom is 0.253 e. The smallest absolute Gasteiger partial charge is 0.253 e. The number of nitrogens with zero attached hydrogens (tertiary/aromatic N) is 2. The molecule has 1 aliphatic rings. The number of aryl methyl sites for hydroxylation is 1. The molecule has 1 aliphatic heterocycles. The maximum absolute atomic E-state index is 13.1. The number of carbonyl (C=O) groups is 1. The van der Waals surface area contributed by atoms with Crippen LogP contribution in [0.5, 0.6) is 0 Å². The van der Waals surface area contributed by atoms with Crippen molar-refractivity contribution in [3.8, 4) is 0 Å². The van der Waals surface area contributed by atoms with E-state index in [1.165, 1.54) is 5.56 Å². The quantitative estimate of drug-likeness (QED) is 0.748. The number of amides is 1. The fourth-order valence-electron chi connectivity index (χ4n) is 4.26. The van der Waals surface area contributed by atoms with Crippen molar-refractivity contribution in [2.45, 2.75) is 31.6 Å². The molecule has 1 saturated heterocycles. The fraction of sp³-hybridized carbons (Fsp3) is 0.364. The van der Waals surface area contributed by atoms with E-state index in [1.54, 1.807) is 6.20 Å². The molecule has 0 aliphatic carbocycles. The molecule has 140 valence electrons. The summed E-state index contributed by atoms with van der Waals surface area (Å²) >= 11 is 0. The minimum absolute atomic E-state index is 0.0267. The Morgan fingerprint density at radius 2 is 1.96 bits per heavy atom. The third-order valence-electron chi connectivity index (χ3n) is 6.04. The van der Waals surface area contributed by atoms with Crippen molar-refractivity contribution >= 4 is 16.8 Å². The first-order chi connectivity index (χ1) is 13.2. The third kappa shape index (κ3) is 3.12. The van der Waals surface area contributed by atoms with Crippen molar-refractivity contribution in [3.63, 3.8) is 0 Å². The first-order valence-electron chi connectivity index (χ1n) is 9.68. The van der Waals surface area contributed by atoms with Crippen molar-refractivity contribution in [1.29, 1.82) is 0 Å². The molecule has 0 bridgehead atoms. The lowest BCUT2D eigenvalue weighted by molar-refractivity contribution is 0.0670. The number of hydrogen-bond donors (Lipinski definition) is 2. The molecule has 0 spiro atoms. The van der Waals surface area contributed by atoms with Gasteiger partial charge in [0.15, 0.2) is 0 Å². The van der Waals surface area contributed by atoms with Crippen LogP contribution in [0.3, 0.4) is 0 Å². The highest BCUT2D eigenvalue weighted by atomic mass is 16.2. The molecule has 1 amide bonds. The second kappa shape index (κ2) is 7.16. The highest BCUT2D eigenvalue weighted by molar-refractivity contribution is 5.99. The van der Waals surface area contributed by atoms with Crippen LogP contribution >= 0.6 is 0 Å². The lowest BCUT2D eigenvalue weighted by atomic mass is 9.73. The zero-order valence-corrected chi connectivity index (χ0v) is 15.7. The van der Waals surface area contributed by atoms with Crippen LogP contribution in [0.25, 0.3) is 10.9 Å². The van der Waals surface area contributed by atoms with Gasteiger partial charge in [-0.1, -0.05) is 37.3 Å². The summed E-state index contributed by atoms with van der Waals surface area (Å²) in [6.07, 6.45) is 4.45. The Labute approximate surface area is 159 Å². The number of likely N-dealkylation sites (tertiary alicyclic amines) is 1. The summed E-state index contributed by atoms with van der Waals surface area (Å²) in [5.41, 5.74) is 10.3. The van der Waals surface area contributed by atoms with Crippen LogP contribution in [-0.2, 0) is 11.8 Å². The number of nitrogens with one attached hydrogen (secondary N) is 1. The van der Waals surface area contributed by atoms with Gasteiger partial charge in [0, 0.05) is 36.0 Å². The summed E-state index contributed by atoms with van der Waals surface area (Å²) in [6.45, 7) is 4.17. The highest BCUT2D eigenvalue weighted by Crippen LogP contribution is 2.35. The van der Waals surface area contributed by atoms with Gasteiger partial charge in [-0.3, -0.25) is 9.89 Å². The number of aromatic nitrogens is 2. The molecule has 3 aromatic rings. The van der Waals surface area contributed by atoms with E-state index >= 15 is 0 Å². The number of hydrogen-bond acceptors (Lipinski definition) is 3. The van der Waals surface area contributed by atoms with Gasteiger partial charge < -0.3 is 10.6 Å². The van der Waals surface area contributed by atoms with E-state index < -0.39 is 0 Å². The lowest BCUT2D eigenvalue weighted by Crippen LogP contribution is -2.48. The third-order valence-corrected chi connectivity index (χ3v) is 6.04. The Morgan fingerprint density at radius 3 is 2.63 bits per heavy atom. The van der Waals surface area contributed by atoms with E-state index in [2.05, 4.69) is 41.4 Å². The fourth-order valence-corrected chi connectivity index (χ4v) is 4.26. The molecular weight excluding hydrogens is 336 g/mol. The molecule has 5 nitrogen and oxygen atoms in total. The number of fused-ring (bicyclic) bond motifs is 1. The Balaban J connectivity index is 1.55. The van der Waals surface area contributed by atoms with Gasteiger partial charge in [-0.05, 0) is 42.5 Å². The Bertz CT molecular complexity index is 939. The molecule has 0 unspecified atom stereocenters. The van der Waals surface area contributed by atoms with Crippen LogP contribution < -0.4 is 5.73 Å². The van der Waals surface area contributed by atoms with Crippen molar-refractivity contribution in [3.05, 3.63) is 65.4 Å². The van der Waals surface area contributed by atoms with Crippen LogP contribution in [0, 0.1) is 0 Å². The second-order valence-corrected chi connectivity index (χ2v) is 7.47. The van der Waals surface area contributed by atoms with Crippen LogP contribution in [0.1, 0.15) is 41.3 Å².